The predicted molar refractivity (Wildman–Crippen MR) is 74.7 cm³/mol. The zero-order valence-electron chi connectivity index (χ0n) is 10.4. The predicted octanol–water partition coefficient (Wildman–Crippen LogP) is 2.90. The molecule has 0 atom stereocenters. The third-order valence-corrected chi connectivity index (χ3v) is 3.21. The fraction of sp³-hybridized carbons (Fsp3) is 0.333. The molecule has 0 aromatic carbocycles. The lowest BCUT2D eigenvalue weighted by molar-refractivity contribution is 0.563. The van der Waals surface area contributed by atoms with Gasteiger partial charge in [-0.05, 0) is 28.9 Å². The highest BCUT2D eigenvalue weighted by Crippen LogP contribution is 2.29. The van der Waals surface area contributed by atoms with E-state index in [9.17, 15) is 0 Å². The monoisotopic (exact) mass is 310 g/mol. The normalized spacial score (nSPS) is 10.4. The lowest BCUT2D eigenvalue weighted by Gasteiger charge is -2.19. The molecule has 6 heteroatoms. The highest BCUT2D eigenvalue weighted by molar-refractivity contribution is 9.10. The van der Waals surface area contributed by atoms with Crippen LogP contribution in [0.2, 0.25) is 0 Å². The van der Waals surface area contributed by atoms with Gasteiger partial charge in [-0.15, -0.1) is 0 Å². The molecule has 0 spiro atoms. The van der Waals surface area contributed by atoms with Crippen molar-refractivity contribution in [3.05, 3.63) is 35.0 Å². The van der Waals surface area contributed by atoms with Gasteiger partial charge in [-0.1, -0.05) is 0 Å². The van der Waals surface area contributed by atoms with Gasteiger partial charge in [0.1, 0.15) is 22.4 Å². The molecule has 0 fully saturated rings. The molecule has 0 aliphatic carbocycles. The first-order valence-electron chi connectivity index (χ1n) is 5.69. The summed E-state index contributed by atoms with van der Waals surface area (Å²) in [6.45, 7) is 3.58. The lowest BCUT2D eigenvalue weighted by Crippen LogP contribution is -2.18. The Kier molecular flexibility index (Phi) is 4.19. The van der Waals surface area contributed by atoms with Gasteiger partial charge < -0.3 is 14.6 Å². The summed E-state index contributed by atoms with van der Waals surface area (Å²) in [5, 5.41) is 3.19. The van der Waals surface area contributed by atoms with Gasteiger partial charge in [0.15, 0.2) is 0 Å². The summed E-state index contributed by atoms with van der Waals surface area (Å²) in [6, 6.07) is 1.94. The maximum atomic E-state index is 5.06. The average molecular weight is 311 g/mol. The van der Waals surface area contributed by atoms with Gasteiger partial charge in [0.2, 0.25) is 0 Å². The minimum absolute atomic E-state index is 0.734. The van der Waals surface area contributed by atoms with Crippen molar-refractivity contribution in [1.82, 2.24) is 9.97 Å². The second-order valence-corrected chi connectivity index (χ2v) is 4.67. The van der Waals surface area contributed by atoms with Gasteiger partial charge in [0.25, 0.3) is 0 Å². The molecule has 2 aromatic rings. The van der Waals surface area contributed by atoms with Crippen LogP contribution in [0.5, 0.6) is 0 Å². The average Bonchev–Trinajstić information content (AvgIpc) is 2.85. The SMILES string of the molecule is CCNc1ncnc(N(C)Cc2ccoc2)c1Br. The van der Waals surface area contributed by atoms with Crippen molar-refractivity contribution < 1.29 is 4.42 Å². The van der Waals surface area contributed by atoms with Crippen LogP contribution in [0.3, 0.4) is 0 Å². The van der Waals surface area contributed by atoms with E-state index >= 15 is 0 Å². The highest BCUT2D eigenvalue weighted by atomic mass is 79.9. The van der Waals surface area contributed by atoms with E-state index in [2.05, 4.69) is 31.2 Å². The number of halogens is 1. The van der Waals surface area contributed by atoms with E-state index in [0.29, 0.717) is 0 Å². The van der Waals surface area contributed by atoms with Gasteiger partial charge in [0, 0.05) is 25.7 Å². The molecule has 0 aliphatic rings. The maximum absolute atomic E-state index is 5.06. The number of furan rings is 1. The first-order valence-corrected chi connectivity index (χ1v) is 6.48. The second kappa shape index (κ2) is 5.86. The first kappa shape index (κ1) is 12.9. The van der Waals surface area contributed by atoms with E-state index < -0.39 is 0 Å². The van der Waals surface area contributed by atoms with Gasteiger partial charge in [-0.25, -0.2) is 9.97 Å². The van der Waals surface area contributed by atoms with Crippen molar-refractivity contribution >= 4 is 27.6 Å². The highest BCUT2D eigenvalue weighted by Gasteiger charge is 2.12. The topological polar surface area (TPSA) is 54.2 Å². The van der Waals surface area contributed by atoms with Crippen LogP contribution in [-0.4, -0.2) is 23.6 Å². The van der Waals surface area contributed by atoms with Crippen molar-refractivity contribution in [2.24, 2.45) is 0 Å². The molecule has 0 radical (unpaired) electrons. The molecule has 1 N–H and O–H groups in total. The number of aromatic nitrogens is 2. The largest absolute Gasteiger partial charge is 0.472 e. The minimum Gasteiger partial charge on any atom is -0.472 e. The summed E-state index contributed by atoms with van der Waals surface area (Å²) in [5.74, 6) is 1.66. The molecule has 18 heavy (non-hydrogen) atoms. The summed E-state index contributed by atoms with van der Waals surface area (Å²) >= 11 is 3.53. The third kappa shape index (κ3) is 2.81. The summed E-state index contributed by atoms with van der Waals surface area (Å²) in [7, 11) is 1.98. The van der Waals surface area contributed by atoms with Crippen molar-refractivity contribution in [1.29, 1.82) is 0 Å². The quantitative estimate of drug-likeness (QED) is 0.920. The minimum atomic E-state index is 0.734. The Morgan fingerprint density at radius 1 is 1.44 bits per heavy atom. The summed E-state index contributed by atoms with van der Waals surface area (Å²) in [6.07, 6.45) is 4.96. The van der Waals surface area contributed by atoms with Crippen LogP contribution >= 0.6 is 15.9 Å². The van der Waals surface area contributed by atoms with E-state index in [1.165, 1.54) is 0 Å². The molecule has 0 amide bonds. The molecular formula is C12H15BrN4O. The van der Waals surface area contributed by atoms with Crippen molar-refractivity contribution in [2.75, 3.05) is 23.8 Å². The van der Waals surface area contributed by atoms with Gasteiger partial charge in [0.05, 0.1) is 12.5 Å². The van der Waals surface area contributed by atoms with Crippen LogP contribution in [-0.2, 0) is 6.54 Å². The van der Waals surface area contributed by atoms with Gasteiger partial charge >= 0.3 is 0 Å². The molecule has 2 rings (SSSR count). The van der Waals surface area contributed by atoms with Crippen molar-refractivity contribution in [2.45, 2.75) is 13.5 Å². The Balaban J connectivity index is 2.19. The van der Waals surface area contributed by atoms with Crippen molar-refractivity contribution in [3.8, 4) is 0 Å². The third-order valence-electron chi connectivity index (χ3n) is 2.48. The lowest BCUT2D eigenvalue weighted by atomic mass is 10.3. The van der Waals surface area contributed by atoms with E-state index in [0.717, 1.165) is 34.8 Å². The van der Waals surface area contributed by atoms with Crippen LogP contribution < -0.4 is 10.2 Å². The van der Waals surface area contributed by atoms with E-state index in [1.807, 2.05) is 24.9 Å². The zero-order chi connectivity index (χ0) is 13.0. The number of hydrogen-bond acceptors (Lipinski definition) is 5. The smallest absolute Gasteiger partial charge is 0.148 e. The van der Waals surface area contributed by atoms with E-state index in [-0.39, 0.29) is 0 Å². The molecule has 0 saturated carbocycles. The number of rotatable bonds is 5. The molecule has 0 saturated heterocycles. The maximum Gasteiger partial charge on any atom is 0.148 e. The fourth-order valence-electron chi connectivity index (χ4n) is 1.65. The van der Waals surface area contributed by atoms with Crippen LogP contribution in [0.15, 0.2) is 33.8 Å². The standard InChI is InChI=1S/C12H15BrN4O/c1-3-14-11-10(13)12(16-8-15-11)17(2)6-9-4-5-18-7-9/h4-5,7-8H,3,6H2,1-2H3,(H,14,15,16). The Morgan fingerprint density at radius 3 is 2.94 bits per heavy atom. The molecular weight excluding hydrogens is 296 g/mol. The van der Waals surface area contributed by atoms with Crippen molar-refractivity contribution in [3.63, 3.8) is 0 Å². The molecule has 0 unspecified atom stereocenters. The molecule has 0 bridgehead atoms. The Hall–Kier alpha value is -1.56. The van der Waals surface area contributed by atoms with Crippen LogP contribution in [0, 0.1) is 0 Å². The van der Waals surface area contributed by atoms with Crippen LogP contribution in [0.4, 0.5) is 11.6 Å². The second-order valence-electron chi connectivity index (χ2n) is 3.88. The molecule has 0 aliphatic heterocycles. The first-order chi connectivity index (χ1) is 8.72. The van der Waals surface area contributed by atoms with Crippen LogP contribution in [0.25, 0.3) is 0 Å². The summed E-state index contributed by atoms with van der Waals surface area (Å²) in [4.78, 5) is 10.5. The fourth-order valence-corrected chi connectivity index (χ4v) is 2.30. The Morgan fingerprint density at radius 2 is 2.28 bits per heavy atom. The molecule has 96 valence electrons. The van der Waals surface area contributed by atoms with Gasteiger partial charge in [-0.2, -0.15) is 0 Å². The number of anilines is 2. The molecule has 2 aromatic heterocycles. The molecule has 2 heterocycles. The van der Waals surface area contributed by atoms with Crippen LogP contribution in [0.1, 0.15) is 12.5 Å². The number of nitrogens with zero attached hydrogens (tertiary/aromatic N) is 3. The summed E-state index contributed by atoms with van der Waals surface area (Å²) in [5.41, 5.74) is 1.10. The van der Waals surface area contributed by atoms with E-state index in [4.69, 9.17) is 4.42 Å². The number of nitrogens with one attached hydrogen (secondary N) is 1. The zero-order valence-corrected chi connectivity index (χ0v) is 11.9. The molecule has 5 nitrogen and oxygen atoms in total. The summed E-state index contributed by atoms with van der Waals surface area (Å²) < 4.78 is 5.93. The number of hydrogen-bond donors (Lipinski definition) is 1. The Labute approximate surface area is 114 Å². The van der Waals surface area contributed by atoms with Gasteiger partial charge in [-0.3, -0.25) is 0 Å². The van der Waals surface area contributed by atoms with E-state index in [1.54, 1.807) is 18.9 Å². The Bertz CT molecular complexity index is 501.